The fourth-order valence-corrected chi connectivity index (χ4v) is 2.55. The van der Waals surface area contributed by atoms with Crippen molar-refractivity contribution in [3.63, 3.8) is 0 Å². The van der Waals surface area contributed by atoms with E-state index in [1.165, 1.54) is 13.3 Å². The topological polar surface area (TPSA) is 85.3 Å². The van der Waals surface area contributed by atoms with Gasteiger partial charge in [-0.05, 0) is 12.1 Å². The van der Waals surface area contributed by atoms with Gasteiger partial charge in [0.2, 0.25) is 0 Å². The third-order valence-electron chi connectivity index (χ3n) is 3.88. The minimum absolute atomic E-state index is 0.364. The van der Waals surface area contributed by atoms with Gasteiger partial charge in [0.05, 0.1) is 57.8 Å². The molecule has 1 aromatic carbocycles. The molecule has 1 aliphatic heterocycles. The van der Waals surface area contributed by atoms with Crippen LogP contribution in [0.15, 0.2) is 24.4 Å². The molecule has 146 valence electrons. The fraction of sp³-hybridized carbons (Fsp3) is 0.474. The number of carbonyl (C=O) groups is 1. The van der Waals surface area contributed by atoms with E-state index in [2.05, 4.69) is 4.98 Å². The van der Waals surface area contributed by atoms with E-state index < -0.39 is 5.97 Å². The van der Waals surface area contributed by atoms with Crippen molar-refractivity contribution < 1.29 is 33.2 Å². The summed E-state index contributed by atoms with van der Waals surface area (Å²) in [5, 5.41) is 0.753. The molecule has 1 aromatic heterocycles. The lowest BCUT2D eigenvalue weighted by Crippen LogP contribution is -2.13. The average Bonchev–Trinajstić information content (AvgIpc) is 2.70. The van der Waals surface area contributed by atoms with Crippen molar-refractivity contribution in [3.05, 3.63) is 30.0 Å². The summed E-state index contributed by atoms with van der Waals surface area (Å²) in [5.74, 6) is 0.682. The first-order chi connectivity index (χ1) is 13.3. The molecule has 0 amide bonds. The Balaban J connectivity index is 1.82. The molecule has 0 spiro atoms. The maximum atomic E-state index is 11.7. The molecule has 0 radical (unpaired) electrons. The SMILES string of the molecule is COC(=O)c1cnc2cc3c(cc2c1)OCCOCCOCCOCCO3. The molecule has 0 N–H and O–H groups in total. The number of ether oxygens (including phenoxy) is 6. The van der Waals surface area contributed by atoms with E-state index in [4.69, 9.17) is 28.4 Å². The largest absolute Gasteiger partial charge is 0.487 e. The number of benzene rings is 1. The van der Waals surface area contributed by atoms with Crippen molar-refractivity contribution in [1.29, 1.82) is 0 Å². The number of hydrogen-bond donors (Lipinski definition) is 0. The lowest BCUT2D eigenvalue weighted by Gasteiger charge is -2.14. The van der Waals surface area contributed by atoms with E-state index in [9.17, 15) is 4.79 Å². The van der Waals surface area contributed by atoms with E-state index >= 15 is 0 Å². The molecule has 2 aromatic rings. The van der Waals surface area contributed by atoms with Gasteiger partial charge in [0, 0.05) is 17.6 Å². The smallest absolute Gasteiger partial charge is 0.339 e. The van der Waals surface area contributed by atoms with E-state index in [0.717, 1.165) is 5.39 Å². The summed E-state index contributed by atoms with van der Waals surface area (Å²) in [7, 11) is 1.34. The standard InChI is InChI=1S/C19H23NO7/c1-22-19(21)15-10-14-11-17-18(12-16(14)20-13-15)27-9-7-25-5-3-23-2-4-24-6-8-26-17/h10-13H,2-9H2,1H3. The zero-order chi connectivity index (χ0) is 18.9. The van der Waals surface area contributed by atoms with E-state index in [1.54, 1.807) is 18.2 Å². The summed E-state index contributed by atoms with van der Waals surface area (Å²) < 4.78 is 32.7. The van der Waals surface area contributed by atoms with Crippen LogP contribution in [0.2, 0.25) is 0 Å². The third kappa shape index (κ3) is 5.53. The number of aromatic nitrogens is 1. The predicted molar refractivity (Wildman–Crippen MR) is 96.5 cm³/mol. The summed E-state index contributed by atoms with van der Waals surface area (Å²) in [6.07, 6.45) is 1.48. The van der Waals surface area contributed by atoms with Crippen LogP contribution in [-0.2, 0) is 18.9 Å². The normalized spacial score (nSPS) is 16.9. The molecule has 0 aliphatic carbocycles. The number of pyridine rings is 1. The molecule has 0 fully saturated rings. The Kier molecular flexibility index (Phi) is 7.20. The highest BCUT2D eigenvalue weighted by molar-refractivity contribution is 5.94. The second kappa shape index (κ2) is 10.1. The van der Waals surface area contributed by atoms with Gasteiger partial charge in [-0.25, -0.2) is 4.79 Å². The molecule has 27 heavy (non-hydrogen) atoms. The van der Waals surface area contributed by atoms with Crippen molar-refractivity contribution in [2.24, 2.45) is 0 Å². The molecule has 0 unspecified atom stereocenters. The maximum absolute atomic E-state index is 11.7. The molecule has 8 heteroatoms. The minimum atomic E-state index is -0.439. The van der Waals surface area contributed by atoms with Gasteiger partial charge in [0.1, 0.15) is 13.2 Å². The van der Waals surface area contributed by atoms with Crippen LogP contribution in [0.3, 0.4) is 0 Å². The molecule has 0 saturated carbocycles. The lowest BCUT2D eigenvalue weighted by atomic mass is 10.1. The van der Waals surface area contributed by atoms with Gasteiger partial charge in [0.15, 0.2) is 11.5 Å². The van der Waals surface area contributed by atoms with Crippen LogP contribution in [0.1, 0.15) is 10.4 Å². The van der Waals surface area contributed by atoms with E-state index in [1.807, 2.05) is 0 Å². The number of carbonyl (C=O) groups excluding carboxylic acids is 1. The summed E-state index contributed by atoms with van der Waals surface area (Å²) in [4.78, 5) is 16.0. The zero-order valence-electron chi connectivity index (χ0n) is 15.3. The number of rotatable bonds is 1. The van der Waals surface area contributed by atoms with E-state index in [0.29, 0.717) is 75.4 Å². The Morgan fingerprint density at radius 1 is 0.852 bits per heavy atom. The first-order valence-corrected chi connectivity index (χ1v) is 8.79. The van der Waals surface area contributed by atoms with Gasteiger partial charge in [-0.1, -0.05) is 0 Å². The van der Waals surface area contributed by atoms with Gasteiger partial charge in [0.25, 0.3) is 0 Å². The van der Waals surface area contributed by atoms with Crippen LogP contribution < -0.4 is 9.47 Å². The highest BCUT2D eigenvalue weighted by Crippen LogP contribution is 2.32. The number of nitrogens with zero attached hydrogens (tertiary/aromatic N) is 1. The number of methoxy groups -OCH3 is 1. The summed E-state index contributed by atoms with van der Waals surface area (Å²) >= 11 is 0. The van der Waals surface area contributed by atoms with Gasteiger partial charge >= 0.3 is 5.97 Å². The maximum Gasteiger partial charge on any atom is 0.339 e. The monoisotopic (exact) mass is 377 g/mol. The Morgan fingerprint density at radius 3 is 2.00 bits per heavy atom. The number of hydrogen-bond acceptors (Lipinski definition) is 8. The van der Waals surface area contributed by atoms with Crippen LogP contribution in [0.5, 0.6) is 11.5 Å². The van der Waals surface area contributed by atoms with Crippen molar-refractivity contribution in [2.75, 3.05) is 60.0 Å². The van der Waals surface area contributed by atoms with Crippen LogP contribution in [-0.4, -0.2) is 70.9 Å². The molecule has 0 bridgehead atoms. The zero-order valence-corrected chi connectivity index (χ0v) is 15.3. The highest BCUT2D eigenvalue weighted by Gasteiger charge is 2.12. The molecule has 8 nitrogen and oxygen atoms in total. The molecular weight excluding hydrogens is 354 g/mol. The number of esters is 1. The van der Waals surface area contributed by atoms with Crippen molar-refractivity contribution in [3.8, 4) is 11.5 Å². The molecule has 3 rings (SSSR count). The van der Waals surface area contributed by atoms with Crippen LogP contribution in [0.4, 0.5) is 0 Å². The van der Waals surface area contributed by atoms with Gasteiger partial charge in [-0.15, -0.1) is 0 Å². The molecule has 1 aliphatic rings. The first kappa shape index (κ1) is 19.3. The molecule has 0 atom stereocenters. The van der Waals surface area contributed by atoms with Crippen molar-refractivity contribution in [2.45, 2.75) is 0 Å². The van der Waals surface area contributed by atoms with Crippen LogP contribution in [0.25, 0.3) is 10.9 Å². The minimum Gasteiger partial charge on any atom is -0.487 e. The third-order valence-corrected chi connectivity index (χ3v) is 3.88. The van der Waals surface area contributed by atoms with Crippen LogP contribution >= 0.6 is 0 Å². The highest BCUT2D eigenvalue weighted by atomic mass is 16.6. The fourth-order valence-electron chi connectivity index (χ4n) is 2.55. The van der Waals surface area contributed by atoms with Crippen molar-refractivity contribution in [1.82, 2.24) is 4.98 Å². The summed E-state index contributed by atoms with van der Waals surface area (Å²) in [5.41, 5.74) is 1.06. The second-order valence-electron chi connectivity index (χ2n) is 5.74. The quantitative estimate of drug-likeness (QED) is 0.696. The van der Waals surface area contributed by atoms with Gasteiger partial charge in [-0.2, -0.15) is 0 Å². The summed E-state index contributed by atoms with van der Waals surface area (Å²) in [6, 6.07) is 5.30. The van der Waals surface area contributed by atoms with E-state index in [-0.39, 0.29) is 0 Å². The average molecular weight is 377 g/mol. The molecule has 0 saturated heterocycles. The second-order valence-corrected chi connectivity index (χ2v) is 5.74. The molecule has 2 heterocycles. The Hall–Kier alpha value is -2.42. The number of fused-ring (bicyclic) bond motifs is 2. The lowest BCUT2D eigenvalue weighted by molar-refractivity contribution is 0.00708. The first-order valence-electron chi connectivity index (χ1n) is 8.79. The van der Waals surface area contributed by atoms with Gasteiger partial charge < -0.3 is 28.4 Å². The van der Waals surface area contributed by atoms with Gasteiger partial charge in [-0.3, -0.25) is 4.98 Å². The molecular formula is C19H23NO7. The van der Waals surface area contributed by atoms with Crippen molar-refractivity contribution >= 4 is 16.9 Å². The predicted octanol–water partition coefficient (Wildman–Crippen LogP) is 1.84. The Bertz CT molecular complexity index is 765. The summed E-state index contributed by atoms with van der Waals surface area (Å²) in [6.45, 7) is 3.64. The Morgan fingerprint density at radius 2 is 1.41 bits per heavy atom. The Labute approximate surface area is 157 Å². The van der Waals surface area contributed by atoms with Crippen LogP contribution in [0, 0.1) is 0 Å².